The molecule has 1 rings (SSSR count). The molecule has 1 atom stereocenters. The van der Waals surface area contributed by atoms with E-state index in [4.69, 9.17) is 5.84 Å². The van der Waals surface area contributed by atoms with Crippen LogP contribution in [0.15, 0.2) is 18.2 Å². The third-order valence-electron chi connectivity index (χ3n) is 3.17. The van der Waals surface area contributed by atoms with E-state index in [0.29, 0.717) is 11.5 Å². The van der Waals surface area contributed by atoms with Gasteiger partial charge in [-0.05, 0) is 37.8 Å². The Morgan fingerprint density at radius 3 is 2.52 bits per heavy atom. The van der Waals surface area contributed by atoms with Gasteiger partial charge in [0.15, 0.2) is 0 Å². The van der Waals surface area contributed by atoms with Crippen molar-refractivity contribution in [1.82, 2.24) is 5.32 Å². The summed E-state index contributed by atoms with van der Waals surface area (Å²) < 4.78 is 0. The SMILES string of the molecule is CC(C)CCC(C)NC(=O)c1ccc([N+](=O)[O-])c(NN)c1. The van der Waals surface area contributed by atoms with Crippen LogP contribution in [0.5, 0.6) is 0 Å². The molecule has 0 fully saturated rings. The van der Waals surface area contributed by atoms with Crippen molar-refractivity contribution in [2.45, 2.75) is 39.7 Å². The van der Waals surface area contributed by atoms with Crippen LogP contribution in [0.25, 0.3) is 0 Å². The van der Waals surface area contributed by atoms with Crippen LogP contribution in [-0.4, -0.2) is 16.9 Å². The van der Waals surface area contributed by atoms with Crippen molar-refractivity contribution in [3.05, 3.63) is 33.9 Å². The van der Waals surface area contributed by atoms with Crippen molar-refractivity contribution >= 4 is 17.3 Å². The number of nitrogen functional groups attached to an aromatic ring is 1. The highest BCUT2D eigenvalue weighted by molar-refractivity contribution is 5.96. The summed E-state index contributed by atoms with van der Waals surface area (Å²) in [6, 6.07) is 4.11. The largest absolute Gasteiger partial charge is 0.350 e. The fraction of sp³-hybridized carbons (Fsp3) is 0.500. The number of hydrogen-bond acceptors (Lipinski definition) is 5. The first-order valence-corrected chi connectivity index (χ1v) is 6.91. The Morgan fingerprint density at radius 1 is 1.33 bits per heavy atom. The second-order valence-corrected chi connectivity index (χ2v) is 5.48. The van der Waals surface area contributed by atoms with Gasteiger partial charge in [-0.2, -0.15) is 0 Å². The molecule has 1 unspecified atom stereocenters. The van der Waals surface area contributed by atoms with E-state index in [1.54, 1.807) is 0 Å². The van der Waals surface area contributed by atoms with Gasteiger partial charge in [-0.25, -0.2) is 0 Å². The smallest absolute Gasteiger partial charge is 0.293 e. The maximum Gasteiger partial charge on any atom is 0.293 e. The average molecular weight is 294 g/mol. The summed E-state index contributed by atoms with van der Waals surface area (Å²) in [6.07, 6.45) is 1.91. The molecule has 0 aliphatic rings. The Balaban J connectivity index is 2.76. The third-order valence-corrected chi connectivity index (χ3v) is 3.17. The molecule has 0 saturated carbocycles. The Bertz CT molecular complexity index is 517. The van der Waals surface area contributed by atoms with Gasteiger partial charge in [-0.3, -0.25) is 20.8 Å². The Kier molecular flexibility index (Phi) is 6.10. The molecule has 0 aromatic heterocycles. The van der Waals surface area contributed by atoms with E-state index in [9.17, 15) is 14.9 Å². The first kappa shape index (κ1) is 16.9. The number of nitro groups is 1. The number of amides is 1. The van der Waals surface area contributed by atoms with E-state index in [-0.39, 0.29) is 23.3 Å². The van der Waals surface area contributed by atoms with Crippen molar-refractivity contribution in [1.29, 1.82) is 0 Å². The van der Waals surface area contributed by atoms with Crippen LogP contribution < -0.4 is 16.6 Å². The van der Waals surface area contributed by atoms with E-state index < -0.39 is 4.92 Å². The molecule has 0 aliphatic carbocycles. The molecule has 0 spiro atoms. The highest BCUT2D eigenvalue weighted by Crippen LogP contribution is 2.24. The fourth-order valence-electron chi connectivity index (χ4n) is 1.91. The normalized spacial score (nSPS) is 12.0. The molecule has 0 bridgehead atoms. The van der Waals surface area contributed by atoms with E-state index in [2.05, 4.69) is 24.6 Å². The zero-order chi connectivity index (χ0) is 16.0. The van der Waals surface area contributed by atoms with Crippen molar-refractivity contribution < 1.29 is 9.72 Å². The highest BCUT2D eigenvalue weighted by Gasteiger charge is 2.17. The molecule has 0 aliphatic heterocycles. The standard InChI is InChI=1S/C14H22N4O3/c1-9(2)4-5-10(3)16-14(19)11-6-7-13(18(20)21)12(8-11)17-15/h6-10,17H,4-5,15H2,1-3H3,(H,16,19). The molecule has 1 aromatic rings. The topological polar surface area (TPSA) is 110 Å². The van der Waals surface area contributed by atoms with Crippen molar-refractivity contribution in [3.63, 3.8) is 0 Å². The van der Waals surface area contributed by atoms with Gasteiger partial charge in [-0.15, -0.1) is 0 Å². The maximum atomic E-state index is 12.1. The number of hydrogen-bond donors (Lipinski definition) is 3. The first-order chi connectivity index (χ1) is 9.85. The van der Waals surface area contributed by atoms with Crippen molar-refractivity contribution in [2.75, 3.05) is 5.43 Å². The molecule has 116 valence electrons. The predicted molar refractivity (Wildman–Crippen MR) is 81.9 cm³/mol. The number of rotatable bonds is 7. The monoisotopic (exact) mass is 294 g/mol. The first-order valence-electron chi connectivity index (χ1n) is 6.91. The van der Waals surface area contributed by atoms with E-state index >= 15 is 0 Å². The van der Waals surface area contributed by atoms with Gasteiger partial charge in [0.1, 0.15) is 5.69 Å². The molecule has 0 heterocycles. The van der Waals surface area contributed by atoms with Crippen molar-refractivity contribution in [2.24, 2.45) is 11.8 Å². The molecule has 4 N–H and O–H groups in total. The minimum Gasteiger partial charge on any atom is -0.350 e. The van der Waals surface area contributed by atoms with E-state index in [1.807, 2.05) is 6.92 Å². The molecule has 7 heteroatoms. The van der Waals surface area contributed by atoms with Gasteiger partial charge in [0.05, 0.1) is 4.92 Å². The predicted octanol–water partition coefficient (Wildman–Crippen LogP) is 2.43. The summed E-state index contributed by atoms with van der Waals surface area (Å²) in [6.45, 7) is 6.20. The fourth-order valence-corrected chi connectivity index (χ4v) is 1.91. The van der Waals surface area contributed by atoms with Crippen LogP contribution in [-0.2, 0) is 0 Å². The zero-order valence-electron chi connectivity index (χ0n) is 12.6. The number of carbonyl (C=O) groups excluding carboxylic acids is 1. The Labute approximate surface area is 124 Å². The molecule has 7 nitrogen and oxygen atoms in total. The maximum absolute atomic E-state index is 12.1. The van der Waals surface area contributed by atoms with Gasteiger partial charge in [0, 0.05) is 17.7 Å². The average Bonchev–Trinajstić information content (AvgIpc) is 2.44. The minimum absolute atomic E-state index is 0.0457. The third kappa shape index (κ3) is 5.03. The van der Waals surface area contributed by atoms with Crippen LogP contribution in [0.2, 0.25) is 0 Å². The van der Waals surface area contributed by atoms with Crippen LogP contribution in [0.4, 0.5) is 11.4 Å². The summed E-state index contributed by atoms with van der Waals surface area (Å²) >= 11 is 0. The second-order valence-electron chi connectivity index (χ2n) is 5.48. The quantitative estimate of drug-likeness (QED) is 0.406. The number of carbonyl (C=O) groups is 1. The lowest BCUT2D eigenvalue weighted by Crippen LogP contribution is -2.32. The summed E-state index contributed by atoms with van der Waals surface area (Å²) in [5.41, 5.74) is 2.53. The van der Waals surface area contributed by atoms with Crippen LogP contribution in [0.1, 0.15) is 44.0 Å². The minimum atomic E-state index is -0.553. The van der Waals surface area contributed by atoms with Gasteiger partial charge < -0.3 is 10.7 Å². The van der Waals surface area contributed by atoms with Gasteiger partial charge in [0.25, 0.3) is 11.6 Å². The number of nitrogens with two attached hydrogens (primary N) is 1. The summed E-state index contributed by atoms with van der Waals surface area (Å²) in [5, 5.41) is 13.7. The van der Waals surface area contributed by atoms with Crippen LogP contribution in [0, 0.1) is 16.0 Å². The molecule has 0 radical (unpaired) electrons. The number of nitro benzene ring substituents is 1. The summed E-state index contributed by atoms with van der Waals surface area (Å²) in [4.78, 5) is 22.3. The summed E-state index contributed by atoms with van der Waals surface area (Å²) in [7, 11) is 0. The molecule has 1 aromatic carbocycles. The number of nitrogens with zero attached hydrogens (tertiary/aromatic N) is 1. The Morgan fingerprint density at radius 2 is 2.00 bits per heavy atom. The van der Waals surface area contributed by atoms with Gasteiger partial charge in [-0.1, -0.05) is 13.8 Å². The van der Waals surface area contributed by atoms with Crippen LogP contribution >= 0.6 is 0 Å². The lowest BCUT2D eigenvalue weighted by Gasteiger charge is -2.15. The number of nitrogens with one attached hydrogen (secondary N) is 2. The van der Waals surface area contributed by atoms with Crippen LogP contribution in [0.3, 0.4) is 0 Å². The number of hydrazine groups is 1. The molecule has 0 saturated heterocycles. The number of benzene rings is 1. The Hall–Kier alpha value is -2.15. The molecular weight excluding hydrogens is 272 g/mol. The molecular formula is C14H22N4O3. The zero-order valence-corrected chi connectivity index (χ0v) is 12.6. The lowest BCUT2D eigenvalue weighted by molar-refractivity contribution is -0.384. The molecule has 21 heavy (non-hydrogen) atoms. The van der Waals surface area contributed by atoms with E-state index in [1.165, 1.54) is 18.2 Å². The highest BCUT2D eigenvalue weighted by atomic mass is 16.6. The molecule has 1 amide bonds. The van der Waals surface area contributed by atoms with Gasteiger partial charge >= 0.3 is 0 Å². The second kappa shape index (κ2) is 7.58. The number of anilines is 1. The summed E-state index contributed by atoms with van der Waals surface area (Å²) in [5.74, 6) is 5.57. The lowest BCUT2D eigenvalue weighted by atomic mass is 10.0. The van der Waals surface area contributed by atoms with E-state index in [0.717, 1.165) is 12.8 Å². The van der Waals surface area contributed by atoms with Gasteiger partial charge in [0.2, 0.25) is 0 Å². The van der Waals surface area contributed by atoms with Crippen molar-refractivity contribution in [3.8, 4) is 0 Å².